The lowest BCUT2D eigenvalue weighted by Crippen LogP contribution is -2.61. The second kappa shape index (κ2) is 7.71. The van der Waals surface area contributed by atoms with Gasteiger partial charge in [-0.05, 0) is 75.3 Å². The number of benzene rings is 1. The number of carbonyl (C=O) groups is 2. The number of nitrogens with one attached hydrogen (secondary N) is 1. The average Bonchev–Trinajstić information content (AvgIpc) is 2.65. The minimum Gasteiger partial charge on any atom is -0.493 e. The van der Waals surface area contributed by atoms with E-state index < -0.39 is 12.1 Å². The first-order valence-corrected chi connectivity index (χ1v) is 10.6. The van der Waals surface area contributed by atoms with Crippen LogP contribution in [0.25, 0.3) is 0 Å². The molecule has 0 unspecified atom stereocenters. The molecule has 158 valence electrons. The zero-order valence-electron chi connectivity index (χ0n) is 17.1. The van der Waals surface area contributed by atoms with Gasteiger partial charge in [0, 0.05) is 5.54 Å². The molecule has 0 heterocycles. The van der Waals surface area contributed by atoms with E-state index in [1.807, 2.05) is 0 Å². The molecule has 0 aromatic heterocycles. The maximum Gasteiger partial charge on any atom is 0.339 e. The summed E-state index contributed by atoms with van der Waals surface area (Å²) in [5, 5.41) is 3.49. The van der Waals surface area contributed by atoms with E-state index in [1.54, 1.807) is 6.92 Å². The smallest absolute Gasteiger partial charge is 0.339 e. The molecular weight excluding hydrogens is 394 g/mol. The highest BCUT2D eigenvalue weighted by Gasteiger charge is 2.51. The molecule has 1 aromatic rings. The predicted molar refractivity (Wildman–Crippen MR) is 108 cm³/mol. The largest absolute Gasteiger partial charge is 0.493 e. The van der Waals surface area contributed by atoms with E-state index in [-0.39, 0.29) is 22.0 Å². The second-order valence-electron chi connectivity index (χ2n) is 8.93. The molecule has 0 radical (unpaired) electrons. The van der Waals surface area contributed by atoms with E-state index in [4.69, 9.17) is 25.8 Å². The molecule has 6 nitrogen and oxygen atoms in total. The zero-order valence-corrected chi connectivity index (χ0v) is 17.9. The molecule has 4 fully saturated rings. The Kier molecular flexibility index (Phi) is 5.40. The zero-order chi connectivity index (χ0) is 20.8. The Labute approximate surface area is 176 Å². The average molecular weight is 422 g/mol. The number of hydrogen-bond donors (Lipinski definition) is 1. The Morgan fingerprint density at radius 3 is 2.17 bits per heavy atom. The summed E-state index contributed by atoms with van der Waals surface area (Å²) >= 11 is 6.17. The number of rotatable bonds is 6. The van der Waals surface area contributed by atoms with Crippen LogP contribution in [0, 0.1) is 17.8 Å². The van der Waals surface area contributed by atoms with Crippen molar-refractivity contribution in [3.8, 4) is 11.5 Å². The van der Waals surface area contributed by atoms with E-state index in [0.717, 1.165) is 37.0 Å². The molecule has 0 aliphatic heterocycles. The monoisotopic (exact) mass is 421 g/mol. The van der Waals surface area contributed by atoms with Gasteiger partial charge in [0.05, 0.1) is 24.8 Å². The van der Waals surface area contributed by atoms with Gasteiger partial charge in [0.2, 0.25) is 0 Å². The van der Waals surface area contributed by atoms with Crippen molar-refractivity contribution in [3.05, 3.63) is 22.7 Å². The molecule has 1 aromatic carbocycles. The van der Waals surface area contributed by atoms with Gasteiger partial charge in [-0.2, -0.15) is 0 Å². The van der Waals surface area contributed by atoms with Crippen LogP contribution in [0.3, 0.4) is 0 Å². The molecule has 4 aliphatic rings. The molecule has 1 atom stereocenters. The summed E-state index contributed by atoms with van der Waals surface area (Å²) in [7, 11) is 2.93. The van der Waals surface area contributed by atoms with Crippen molar-refractivity contribution in [3.63, 3.8) is 0 Å². The lowest BCUT2D eigenvalue weighted by atomic mass is 9.53. The molecule has 7 heteroatoms. The Morgan fingerprint density at radius 2 is 1.66 bits per heavy atom. The van der Waals surface area contributed by atoms with Crippen LogP contribution in [0.15, 0.2) is 12.1 Å². The maximum atomic E-state index is 12.8. The summed E-state index contributed by atoms with van der Waals surface area (Å²) in [6.45, 7) is 1.61. The van der Waals surface area contributed by atoms with Crippen LogP contribution in [0.5, 0.6) is 11.5 Å². The SMILES string of the molecule is COc1cc(C(=O)O[C@H](C)C(=O)NC23CC4CC(CC(C4)C2)C3)cc(Cl)c1OC. The fraction of sp³-hybridized carbons (Fsp3) is 0.636. The molecule has 1 N–H and O–H groups in total. The fourth-order valence-electron chi connectivity index (χ4n) is 5.94. The summed E-state index contributed by atoms with van der Waals surface area (Å²) in [6, 6.07) is 2.95. The third-order valence-corrected chi connectivity index (χ3v) is 7.03. The normalized spacial score (nSPS) is 30.6. The van der Waals surface area contributed by atoms with E-state index >= 15 is 0 Å². The van der Waals surface area contributed by atoms with E-state index in [9.17, 15) is 9.59 Å². The van der Waals surface area contributed by atoms with E-state index in [1.165, 1.54) is 45.6 Å². The van der Waals surface area contributed by atoms with Crippen molar-refractivity contribution < 1.29 is 23.8 Å². The number of methoxy groups -OCH3 is 2. The van der Waals surface area contributed by atoms with Crippen molar-refractivity contribution in [2.75, 3.05) is 14.2 Å². The van der Waals surface area contributed by atoms with Crippen molar-refractivity contribution in [2.45, 2.75) is 57.1 Å². The van der Waals surface area contributed by atoms with Gasteiger partial charge in [-0.3, -0.25) is 4.79 Å². The Morgan fingerprint density at radius 1 is 1.07 bits per heavy atom. The highest BCUT2D eigenvalue weighted by atomic mass is 35.5. The lowest BCUT2D eigenvalue weighted by molar-refractivity contribution is -0.134. The molecule has 4 aliphatic carbocycles. The van der Waals surface area contributed by atoms with Crippen molar-refractivity contribution in [1.82, 2.24) is 5.32 Å². The second-order valence-corrected chi connectivity index (χ2v) is 9.34. The van der Waals surface area contributed by atoms with Gasteiger partial charge in [-0.1, -0.05) is 11.6 Å². The third-order valence-electron chi connectivity index (χ3n) is 6.75. The Balaban J connectivity index is 1.41. The summed E-state index contributed by atoms with van der Waals surface area (Å²) in [5.74, 6) is 2.01. The summed E-state index contributed by atoms with van der Waals surface area (Å²) in [5.41, 5.74) is 0.0983. The summed E-state index contributed by atoms with van der Waals surface area (Å²) in [6.07, 6.45) is 6.19. The van der Waals surface area contributed by atoms with Crippen LogP contribution in [-0.4, -0.2) is 37.7 Å². The summed E-state index contributed by atoms with van der Waals surface area (Å²) in [4.78, 5) is 25.4. The first-order valence-electron chi connectivity index (χ1n) is 10.3. The predicted octanol–water partition coefficient (Wildman–Crippen LogP) is 3.99. The standard InChI is InChI=1S/C22H28ClNO5/c1-12(29-21(26)16-7-17(23)19(28-3)18(8-16)27-2)20(25)24-22-9-13-4-14(10-22)6-15(5-13)11-22/h7-8,12-15H,4-6,9-11H2,1-3H3,(H,24,25)/t12-,13?,14?,15?,22?/m1/s1. The minimum absolute atomic E-state index is 0.112. The molecule has 1 amide bonds. The number of halogens is 1. The van der Waals surface area contributed by atoms with Gasteiger partial charge >= 0.3 is 5.97 Å². The van der Waals surface area contributed by atoms with Crippen LogP contribution in [0.1, 0.15) is 55.8 Å². The van der Waals surface area contributed by atoms with Gasteiger partial charge in [-0.25, -0.2) is 4.79 Å². The quantitative estimate of drug-likeness (QED) is 0.703. The molecule has 0 spiro atoms. The molecule has 0 saturated heterocycles. The van der Waals surface area contributed by atoms with Crippen molar-refractivity contribution in [2.24, 2.45) is 17.8 Å². The molecule has 4 bridgehead atoms. The number of esters is 1. The van der Waals surface area contributed by atoms with E-state index in [0.29, 0.717) is 11.5 Å². The highest BCUT2D eigenvalue weighted by molar-refractivity contribution is 6.32. The van der Waals surface area contributed by atoms with Gasteiger partial charge in [0.15, 0.2) is 17.6 Å². The Bertz CT molecular complexity index is 788. The molecule has 29 heavy (non-hydrogen) atoms. The number of hydrogen-bond acceptors (Lipinski definition) is 5. The number of ether oxygens (including phenoxy) is 3. The van der Waals surface area contributed by atoms with Gasteiger partial charge < -0.3 is 19.5 Å². The molecule has 4 saturated carbocycles. The van der Waals surface area contributed by atoms with Crippen LogP contribution < -0.4 is 14.8 Å². The topological polar surface area (TPSA) is 73.9 Å². The van der Waals surface area contributed by atoms with Crippen LogP contribution in [-0.2, 0) is 9.53 Å². The van der Waals surface area contributed by atoms with Crippen LogP contribution >= 0.6 is 11.6 Å². The Hall–Kier alpha value is -1.95. The highest BCUT2D eigenvalue weighted by Crippen LogP contribution is 2.55. The summed E-state index contributed by atoms with van der Waals surface area (Å²) < 4.78 is 15.8. The van der Waals surface area contributed by atoms with Crippen LogP contribution in [0.4, 0.5) is 0 Å². The van der Waals surface area contributed by atoms with Gasteiger partial charge in [0.1, 0.15) is 0 Å². The fourth-order valence-corrected chi connectivity index (χ4v) is 6.23. The lowest BCUT2D eigenvalue weighted by Gasteiger charge is -2.57. The first kappa shape index (κ1) is 20.3. The first-order chi connectivity index (χ1) is 13.8. The number of amides is 1. The maximum absolute atomic E-state index is 12.8. The number of carbonyl (C=O) groups excluding carboxylic acids is 2. The van der Waals surface area contributed by atoms with Crippen molar-refractivity contribution in [1.29, 1.82) is 0 Å². The molecule has 5 rings (SSSR count). The van der Waals surface area contributed by atoms with Gasteiger partial charge in [0.25, 0.3) is 5.91 Å². The minimum atomic E-state index is -0.887. The van der Waals surface area contributed by atoms with Crippen LogP contribution in [0.2, 0.25) is 5.02 Å². The third kappa shape index (κ3) is 3.91. The van der Waals surface area contributed by atoms with Gasteiger partial charge in [-0.15, -0.1) is 0 Å². The van der Waals surface area contributed by atoms with Crippen molar-refractivity contribution >= 4 is 23.5 Å². The van der Waals surface area contributed by atoms with E-state index in [2.05, 4.69) is 5.32 Å². The molecular formula is C22H28ClNO5.